The van der Waals surface area contributed by atoms with E-state index in [9.17, 15) is 19.8 Å². The van der Waals surface area contributed by atoms with Crippen LogP contribution in [0, 0.1) is 0 Å². The van der Waals surface area contributed by atoms with Crippen molar-refractivity contribution in [2.45, 2.75) is 63.9 Å². The largest absolute Gasteiger partial charge is 0.462 e. The van der Waals surface area contributed by atoms with E-state index in [4.69, 9.17) is 36.1 Å². The summed E-state index contributed by atoms with van der Waals surface area (Å²) >= 11 is 5.77. The lowest BCUT2D eigenvalue weighted by Gasteiger charge is -2.28. The van der Waals surface area contributed by atoms with Gasteiger partial charge < -0.3 is 34.5 Å². The van der Waals surface area contributed by atoms with E-state index in [1.54, 1.807) is 32.9 Å². The molecule has 5 N–H and O–H groups in total. The van der Waals surface area contributed by atoms with Gasteiger partial charge in [0.25, 0.3) is 0 Å². The Morgan fingerprint density at radius 1 is 1.25 bits per heavy atom. The molecule has 0 radical (unpaired) electrons. The highest BCUT2D eigenvalue weighted by Crippen LogP contribution is 2.47. The Hall–Kier alpha value is -2.90. The standard InChI is InChI=1S/C26H33N4O8PS/c1-15(2)36-23(32)16(3)29-39(40,38-19-10-9-17-7-5-6-8-18(17)13-19)35-14-20-22(31)26(4,34)24(37-20)30-12-11-21(27)28-25(30)33/h5-13,15-16,20,22,24,31,34H,14H2,1-4H3,(H,29,40)(H2,27,28,33). The SMILES string of the molecule is CC(C)OC(=O)C(C)NP(=S)(OCC1OC(n2ccc(N)nc2=O)C(C)(O)C1O)Oc1ccc2ccccc2c1. The number of aliphatic hydroxyl groups excluding tert-OH is 1. The molecule has 1 aromatic heterocycles. The number of aromatic nitrogens is 2. The molecule has 12 nitrogen and oxygen atoms in total. The Morgan fingerprint density at radius 2 is 1.95 bits per heavy atom. The number of carbonyl (C=O) groups is 1. The van der Waals surface area contributed by atoms with Gasteiger partial charge in [-0.1, -0.05) is 30.3 Å². The van der Waals surface area contributed by atoms with E-state index in [0.717, 1.165) is 15.3 Å². The molecule has 4 rings (SSSR count). The van der Waals surface area contributed by atoms with Gasteiger partial charge in [-0.05, 0) is 68.5 Å². The fourth-order valence-corrected chi connectivity index (χ4v) is 6.64. The number of nitrogens with one attached hydrogen (secondary N) is 1. The zero-order chi connectivity index (χ0) is 29.2. The minimum absolute atomic E-state index is 0.00189. The van der Waals surface area contributed by atoms with E-state index >= 15 is 0 Å². The first-order valence-corrected chi connectivity index (χ1v) is 15.2. The Balaban J connectivity index is 1.57. The van der Waals surface area contributed by atoms with Gasteiger partial charge in [0.2, 0.25) is 0 Å². The molecule has 1 fully saturated rings. The first kappa shape index (κ1) is 30.1. The number of ether oxygens (including phenoxy) is 2. The minimum Gasteiger partial charge on any atom is -0.462 e. The average Bonchev–Trinajstić information content (AvgIpc) is 3.10. The maximum Gasteiger partial charge on any atom is 0.351 e. The second kappa shape index (κ2) is 11.9. The number of carbonyl (C=O) groups excluding carboxylic acids is 1. The van der Waals surface area contributed by atoms with Crippen molar-refractivity contribution in [3.63, 3.8) is 0 Å². The smallest absolute Gasteiger partial charge is 0.351 e. The summed E-state index contributed by atoms with van der Waals surface area (Å²) in [4.78, 5) is 28.6. The third kappa shape index (κ3) is 6.69. The summed E-state index contributed by atoms with van der Waals surface area (Å²) < 4.78 is 24.3. The van der Waals surface area contributed by atoms with Crippen LogP contribution in [0.5, 0.6) is 5.75 Å². The summed E-state index contributed by atoms with van der Waals surface area (Å²) in [7, 11) is 0. The number of esters is 1. The van der Waals surface area contributed by atoms with Crippen molar-refractivity contribution >= 4 is 41.0 Å². The van der Waals surface area contributed by atoms with E-state index < -0.39 is 48.4 Å². The molecule has 216 valence electrons. The number of hydrogen-bond acceptors (Lipinski definition) is 11. The van der Waals surface area contributed by atoms with Crippen LogP contribution >= 0.6 is 6.64 Å². The summed E-state index contributed by atoms with van der Waals surface area (Å²) in [5, 5.41) is 26.8. The van der Waals surface area contributed by atoms with Crippen LogP contribution in [0.1, 0.15) is 33.9 Å². The van der Waals surface area contributed by atoms with Crippen molar-refractivity contribution < 1.29 is 33.5 Å². The fraction of sp³-hybridized carbons (Fsp3) is 0.423. The quantitative estimate of drug-likeness (QED) is 0.201. The second-order valence-electron chi connectivity index (χ2n) is 9.97. The maximum atomic E-state index is 12.5. The topological polar surface area (TPSA) is 167 Å². The van der Waals surface area contributed by atoms with Gasteiger partial charge in [0.05, 0.1) is 12.7 Å². The molecule has 2 heterocycles. The van der Waals surface area contributed by atoms with Gasteiger partial charge in [-0.3, -0.25) is 9.36 Å². The number of benzene rings is 2. The Bertz CT molecular complexity index is 1480. The predicted molar refractivity (Wildman–Crippen MR) is 152 cm³/mol. The van der Waals surface area contributed by atoms with Crippen LogP contribution in [0.25, 0.3) is 10.8 Å². The highest BCUT2D eigenvalue weighted by molar-refractivity contribution is 8.09. The zero-order valence-electron chi connectivity index (χ0n) is 22.5. The third-order valence-corrected chi connectivity index (χ3v) is 8.77. The molecule has 1 aliphatic rings. The van der Waals surface area contributed by atoms with E-state index in [0.29, 0.717) is 5.75 Å². The molecule has 40 heavy (non-hydrogen) atoms. The van der Waals surface area contributed by atoms with Gasteiger partial charge in [0, 0.05) is 6.20 Å². The van der Waals surface area contributed by atoms with Gasteiger partial charge in [-0.25, -0.2) is 9.88 Å². The predicted octanol–water partition coefficient (Wildman–Crippen LogP) is 2.24. The molecule has 1 saturated heterocycles. The highest BCUT2D eigenvalue weighted by Gasteiger charge is 2.54. The molecule has 0 amide bonds. The lowest BCUT2D eigenvalue weighted by molar-refractivity contribution is -0.149. The zero-order valence-corrected chi connectivity index (χ0v) is 24.2. The van der Waals surface area contributed by atoms with Crippen molar-refractivity contribution in [1.29, 1.82) is 0 Å². The lowest BCUT2D eigenvalue weighted by Crippen LogP contribution is -2.46. The van der Waals surface area contributed by atoms with Crippen LogP contribution < -0.4 is 21.0 Å². The van der Waals surface area contributed by atoms with Crippen molar-refractivity contribution in [2.75, 3.05) is 12.3 Å². The Morgan fingerprint density at radius 3 is 2.62 bits per heavy atom. The van der Waals surface area contributed by atoms with Crippen molar-refractivity contribution in [3.8, 4) is 5.75 Å². The first-order valence-electron chi connectivity index (χ1n) is 12.6. The number of rotatable bonds is 10. The summed E-state index contributed by atoms with van der Waals surface area (Å²) in [6, 6.07) is 13.6. The van der Waals surface area contributed by atoms with Crippen LogP contribution in [0.2, 0.25) is 0 Å². The normalized spacial score (nSPS) is 25.0. The van der Waals surface area contributed by atoms with E-state index in [1.165, 1.54) is 19.2 Å². The van der Waals surface area contributed by atoms with Crippen molar-refractivity contribution in [2.24, 2.45) is 0 Å². The molecular formula is C26H33N4O8PS. The third-order valence-electron chi connectivity index (χ3n) is 6.27. The number of nitrogens with two attached hydrogens (primary N) is 1. The summed E-state index contributed by atoms with van der Waals surface area (Å²) in [6.45, 7) is 2.53. The molecular weight excluding hydrogens is 559 g/mol. The second-order valence-corrected chi connectivity index (χ2v) is 13.1. The number of fused-ring (bicyclic) bond motifs is 1. The highest BCUT2D eigenvalue weighted by atomic mass is 32.5. The maximum absolute atomic E-state index is 12.5. The number of nitrogens with zero attached hydrogens (tertiary/aromatic N) is 2. The van der Waals surface area contributed by atoms with Gasteiger partial charge in [0.15, 0.2) is 6.23 Å². The van der Waals surface area contributed by atoms with Crippen molar-refractivity contribution in [3.05, 3.63) is 65.2 Å². The van der Waals surface area contributed by atoms with E-state index in [1.807, 2.05) is 30.3 Å². The van der Waals surface area contributed by atoms with Crippen LogP contribution in [-0.4, -0.2) is 62.3 Å². The van der Waals surface area contributed by atoms with Crippen LogP contribution in [0.3, 0.4) is 0 Å². The molecule has 0 saturated carbocycles. The van der Waals surface area contributed by atoms with E-state index in [2.05, 4.69) is 10.1 Å². The van der Waals surface area contributed by atoms with Gasteiger partial charge in [-0.15, -0.1) is 0 Å². The summed E-state index contributed by atoms with van der Waals surface area (Å²) in [6.07, 6.45) is -2.91. The fourth-order valence-electron chi connectivity index (χ4n) is 4.23. The molecule has 0 spiro atoms. The molecule has 6 atom stereocenters. The van der Waals surface area contributed by atoms with Crippen LogP contribution in [0.15, 0.2) is 59.5 Å². The summed E-state index contributed by atoms with van der Waals surface area (Å²) in [5.74, 6) is -0.149. The molecule has 0 aliphatic carbocycles. The molecule has 14 heteroatoms. The van der Waals surface area contributed by atoms with Crippen LogP contribution in [0.4, 0.5) is 5.82 Å². The number of anilines is 1. The van der Waals surface area contributed by atoms with Crippen molar-refractivity contribution in [1.82, 2.24) is 14.6 Å². The molecule has 0 bridgehead atoms. The lowest BCUT2D eigenvalue weighted by atomic mass is 9.96. The summed E-state index contributed by atoms with van der Waals surface area (Å²) in [5.41, 5.74) is 2.92. The monoisotopic (exact) mass is 592 g/mol. The number of hydrogen-bond donors (Lipinski definition) is 4. The molecule has 6 unspecified atom stereocenters. The Labute approximate surface area is 236 Å². The van der Waals surface area contributed by atoms with Gasteiger partial charge in [0.1, 0.15) is 35.4 Å². The minimum atomic E-state index is -3.49. The van der Waals surface area contributed by atoms with Crippen LogP contribution in [-0.2, 0) is 30.6 Å². The average molecular weight is 593 g/mol. The molecule has 2 aromatic carbocycles. The Kier molecular flexibility index (Phi) is 8.96. The van der Waals surface area contributed by atoms with Gasteiger partial charge in [-0.2, -0.15) is 4.98 Å². The van der Waals surface area contributed by atoms with E-state index in [-0.39, 0.29) is 18.5 Å². The molecule has 1 aliphatic heterocycles. The number of nitrogen functional groups attached to an aromatic ring is 1. The number of aliphatic hydroxyl groups is 2. The molecule has 3 aromatic rings. The first-order chi connectivity index (χ1) is 18.8. The van der Waals surface area contributed by atoms with Gasteiger partial charge >= 0.3 is 18.3 Å².